The maximum atomic E-state index is 13.0. The Bertz CT molecular complexity index is 344. The van der Waals surface area contributed by atoms with Crippen LogP contribution in [0.4, 0.5) is 4.39 Å². The molecule has 0 unspecified atom stereocenters. The third kappa shape index (κ3) is 1.40. The largest absolute Gasteiger partial charge is 0.326 e. The van der Waals surface area contributed by atoms with Gasteiger partial charge in [-0.3, -0.25) is 0 Å². The molecule has 0 radical (unpaired) electrons. The molecule has 0 aliphatic carbocycles. The lowest BCUT2D eigenvalue weighted by Crippen LogP contribution is -2.01. The second-order valence-corrected chi connectivity index (χ2v) is 2.62. The van der Waals surface area contributed by atoms with E-state index in [2.05, 4.69) is 0 Å². The zero-order valence-electron chi connectivity index (χ0n) is 6.14. The molecule has 12 heavy (non-hydrogen) atoms. The molecule has 0 heterocycles. The third-order valence-corrected chi connectivity index (χ3v) is 1.80. The average molecular weight is 185 g/mol. The molecule has 0 bridgehead atoms. The summed E-state index contributed by atoms with van der Waals surface area (Å²) in [5.74, 6) is -0.692. The topological polar surface area (TPSA) is 49.8 Å². The van der Waals surface area contributed by atoms with Gasteiger partial charge < -0.3 is 5.73 Å². The summed E-state index contributed by atoms with van der Waals surface area (Å²) in [6.07, 6.45) is 0. The highest BCUT2D eigenvalue weighted by Gasteiger charge is 2.09. The lowest BCUT2D eigenvalue weighted by molar-refractivity contribution is 0.621. The van der Waals surface area contributed by atoms with Crippen molar-refractivity contribution in [2.45, 2.75) is 6.54 Å². The molecule has 4 heteroatoms. The number of hydrogen-bond acceptors (Lipinski definition) is 2. The molecule has 62 valence electrons. The molecule has 0 aromatic heterocycles. The van der Waals surface area contributed by atoms with E-state index in [1.54, 1.807) is 12.1 Å². The van der Waals surface area contributed by atoms with Crippen LogP contribution in [0.5, 0.6) is 0 Å². The number of nitrogens with two attached hydrogens (primary N) is 1. The lowest BCUT2D eigenvalue weighted by Gasteiger charge is -2.01. The maximum Gasteiger partial charge on any atom is 0.159 e. The first-order valence-electron chi connectivity index (χ1n) is 3.27. The molecular weight excluding hydrogens is 179 g/mol. The molecular formula is C8H6ClFN2. The Morgan fingerprint density at radius 1 is 1.58 bits per heavy atom. The monoisotopic (exact) mass is 184 g/mol. The Hall–Kier alpha value is -1.11. The maximum absolute atomic E-state index is 13.0. The summed E-state index contributed by atoms with van der Waals surface area (Å²) in [6, 6.07) is 4.65. The molecule has 0 atom stereocenters. The minimum absolute atomic E-state index is 0.0521. The van der Waals surface area contributed by atoms with E-state index >= 15 is 0 Å². The molecule has 2 N–H and O–H groups in total. The number of benzene rings is 1. The van der Waals surface area contributed by atoms with Crippen LogP contribution in [0.25, 0.3) is 0 Å². The van der Waals surface area contributed by atoms with Crippen LogP contribution < -0.4 is 5.73 Å². The summed E-state index contributed by atoms with van der Waals surface area (Å²) < 4.78 is 13.0. The molecule has 1 rings (SSSR count). The van der Waals surface area contributed by atoms with E-state index in [0.29, 0.717) is 5.56 Å². The van der Waals surface area contributed by atoms with Gasteiger partial charge in [0.05, 0.1) is 10.6 Å². The van der Waals surface area contributed by atoms with Gasteiger partial charge in [0.1, 0.15) is 6.07 Å². The van der Waals surface area contributed by atoms with Gasteiger partial charge in [-0.2, -0.15) is 5.26 Å². The molecule has 1 aromatic rings. The van der Waals surface area contributed by atoms with Gasteiger partial charge in [0.25, 0.3) is 0 Å². The Kier molecular flexibility index (Phi) is 2.64. The van der Waals surface area contributed by atoms with E-state index in [1.165, 1.54) is 6.07 Å². The Labute approximate surface area is 74.4 Å². The van der Waals surface area contributed by atoms with Gasteiger partial charge >= 0.3 is 0 Å². The Morgan fingerprint density at radius 3 is 2.75 bits per heavy atom. The summed E-state index contributed by atoms with van der Waals surface area (Å²) in [6.45, 7) is 0.136. The summed E-state index contributed by atoms with van der Waals surface area (Å²) >= 11 is 5.45. The van der Waals surface area contributed by atoms with Gasteiger partial charge in [0, 0.05) is 6.54 Å². The SMILES string of the molecule is N#Cc1c(CN)ccc(Cl)c1F. The van der Waals surface area contributed by atoms with Crippen molar-refractivity contribution in [2.24, 2.45) is 5.73 Å². The van der Waals surface area contributed by atoms with Crippen molar-refractivity contribution in [1.29, 1.82) is 5.26 Å². The van der Waals surface area contributed by atoms with Crippen molar-refractivity contribution in [1.82, 2.24) is 0 Å². The minimum atomic E-state index is -0.692. The predicted molar refractivity (Wildman–Crippen MR) is 44.0 cm³/mol. The number of rotatable bonds is 1. The summed E-state index contributed by atoms with van der Waals surface area (Å²) in [5, 5.41) is 8.50. The quantitative estimate of drug-likeness (QED) is 0.724. The van der Waals surface area contributed by atoms with Crippen LogP contribution in [0.3, 0.4) is 0 Å². The fourth-order valence-electron chi connectivity index (χ4n) is 0.882. The van der Waals surface area contributed by atoms with Crippen LogP contribution in [-0.4, -0.2) is 0 Å². The summed E-state index contributed by atoms with van der Waals surface area (Å²) in [5.41, 5.74) is 5.69. The van der Waals surface area contributed by atoms with Crippen molar-refractivity contribution < 1.29 is 4.39 Å². The van der Waals surface area contributed by atoms with Crippen molar-refractivity contribution >= 4 is 11.6 Å². The molecule has 0 saturated heterocycles. The molecule has 0 aliphatic rings. The Morgan fingerprint density at radius 2 is 2.25 bits per heavy atom. The van der Waals surface area contributed by atoms with Crippen molar-refractivity contribution in [3.8, 4) is 6.07 Å². The van der Waals surface area contributed by atoms with Crippen molar-refractivity contribution in [2.75, 3.05) is 0 Å². The zero-order valence-corrected chi connectivity index (χ0v) is 6.90. The van der Waals surface area contributed by atoms with Crippen LogP contribution >= 0.6 is 11.6 Å². The van der Waals surface area contributed by atoms with Gasteiger partial charge in [-0.05, 0) is 11.6 Å². The first kappa shape index (κ1) is 8.98. The third-order valence-electron chi connectivity index (χ3n) is 1.51. The van der Waals surface area contributed by atoms with Crippen LogP contribution in [0.1, 0.15) is 11.1 Å². The fraction of sp³-hybridized carbons (Fsp3) is 0.125. The molecule has 0 amide bonds. The van der Waals surface area contributed by atoms with E-state index in [-0.39, 0.29) is 17.1 Å². The molecule has 1 aromatic carbocycles. The van der Waals surface area contributed by atoms with Crippen molar-refractivity contribution in [3.05, 3.63) is 34.1 Å². The van der Waals surface area contributed by atoms with Gasteiger partial charge in [0.15, 0.2) is 5.82 Å². The first-order valence-corrected chi connectivity index (χ1v) is 3.65. The normalized spacial score (nSPS) is 9.50. The molecule has 0 aliphatic heterocycles. The first-order chi connectivity index (χ1) is 5.70. The summed E-state index contributed by atoms with van der Waals surface area (Å²) in [4.78, 5) is 0. The highest BCUT2D eigenvalue weighted by molar-refractivity contribution is 6.30. The smallest absolute Gasteiger partial charge is 0.159 e. The average Bonchev–Trinajstić information content (AvgIpc) is 2.09. The van der Waals surface area contributed by atoms with E-state index in [9.17, 15) is 4.39 Å². The van der Waals surface area contributed by atoms with Crippen LogP contribution in [0, 0.1) is 17.1 Å². The van der Waals surface area contributed by atoms with Crippen LogP contribution in [0.15, 0.2) is 12.1 Å². The van der Waals surface area contributed by atoms with Crippen LogP contribution in [-0.2, 0) is 6.54 Å². The highest BCUT2D eigenvalue weighted by Crippen LogP contribution is 2.20. The van der Waals surface area contributed by atoms with Crippen LogP contribution in [0.2, 0.25) is 5.02 Å². The second-order valence-electron chi connectivity index (χ2n) is 2.21. The van der Waals surface area contributed by atoms with Gasteiger partial charge in [0.2, 0.25) is 0 Å². The number of halogens is 2. The van der Waals surface area contributed by atoms with Crippen molar-refractivity contribution in [3.63, 3.8) is 0 Å². The van der Waals surface area contributed by atoms with E-state index in [1.807, 2.05) is 0 Å². The highest BCUT2D eigenvalue weighted by atomic mass is 35.5. The van der Waals surface area contributed by atoms with E-state index in [0.717, 1.165) is 0 Å². The fourth-order valence-corrected chi connectivity index (χ4v) is 1.04. The lowest BCUT2D eigenvalue weighted by atomic mass is 10.1. The van der Waals surface area contributed by atoms with Gasteiger partial charge in [-0.15, -0.1) is 0 Å². The molecule has 0 spiro atoms. The minimum Gasteiger partial charge on any atom is -0.326 e. The molecule has 2 nitrogen and oxygen atoms in total. The Balaban J connectivity index is 3.38. The predicted octanol–water partition coefficient (Wildman–Crippen LogP) is 1.81. The van der Waals surface area contributed by atoms with Gasteiger partial charge in [-0.25, -0.2) is 4.39 Å². The van der Waals surface area contributed by atoms with E-state index < -0.39 is 5.82 Å². The van der Waals surface area contributed by atoms with Gasteiger partial charge in [-0.1, -0.05) is 17.7 Å². The standard InChI is InChI=1S/C8H6ClFN2/c9-7-2-1-5(3-11)6(4-12)8(7)10/h1-2H,3,11H2. The summed E-state index contributed by atoms with van der Waals surface area (Å²) in [7, 11) is 0. The molecule has 0 saturated carbocycles. The van der Waals surface area contributed by atoms with E-state index in [4.69, 9.17) is 22.6 Å². The number of nitriles is 1. The number of nitrogens with zero attached hydrogens (tertiary/aromatic N) is 1. The molecule has 0 fully saturated rings. The zero-order chi connectivity index (χ0) is 9.14. The second kappa shape index (κ2) is 3.53. The number of hydrogen-bond donors (Lipinski definition) is 1.